The Kier molecular flexibility index (Phi) is 3.31. The van der Waals surface area contributed by atoms with Crippen molar-refractivity contribution >= 4 is 0 Å². The first-order chi connectivity index (χ1) is 8.03. The lowest BCUT2D eigenvalue weighted by Crippen LogP contribution is -2.51. The number of hydrogen-bond donors (Lipinski definition) is 2. The van der Waals surface area contributed by atoms with Gasteiger partial charge in [0.1, 0.15) is 24.0 Å². The molecule has 0 aromatic heterocycles. The highest BCUT2D eigenvalue weighted by Crippen LogP contribution is 2.38. The third kappa shape index (κ3) is 2.92. The zero-order chi connectivity index (χ0) is 12.5. The lowest BCUT2D eigenvalue weighted by Gasteiger charge is -2.27. The van der Waals surface area contributed by atoms with Crippen LogP contribution in [0.15, 0.2) is 18.2 Å². The normalized spacial score (nSPS) is 18.8. The van der Waals surface area contributed by atoms with Crippen molar-refractivity contribution in [2.45, 2.75) is 18.4 Å². The van der Waals surface area contributed by atoms with Crippen LogP contribution in [0.2, 0.25) is 0 Å². The van der Waals surface area contributed by atoms with Gasteiger partial charge in [0.05, 0.1) is 12.1 Å². The van der Waals surface area contributed by atoms with Crippen LogP contribution in [0.25, 0.3) is 0 Å². The first-order valence-electron chi connectivity index (χ1n) is 5.52. The van der Waals surface area contributed by atoms with Gasteiger partial charge in [0.25, 0.3) is 0 Å². The van der Waals surface area contributed by atoms with Gasteiger partial charge >= 0.3 is 0 Å². The van der Waals surface area contributed by atoms with Gasteiger partial charge in [-0.15, -0.1) is 0 Å². The summed E-state index contributed by atoms with van der Waals surface area (Å²) in [5.74, 6) is -1.08. The van der Waals surface area contributed by atoms with E-state index in [9.17, 15) is 13.9 Å². The Hall–Kier alpha value is -1.20. The molecule has 3 nitrogen and oxygen atoms in total. The van der Waals surface area contributed by atoms with E-state index in [1.165, 1.54) is 0 Å². The van der Waals surface area contributed by atoms with Crippen molar-refractivity contribution in [3.8, 4) is 5.75 Å². The summed E-state index contributed by atoms with van der Waals surface area (Å²) < 4.78 is 31.1. The summed E-state index contributed by atoms with van der Waals surface area (Å²) in [6.45, 7) is -0.146. The molecule has 5 heteroatoms. The second kappa shape index (κ2) is 4.58. The molecule has 2 rings (SSSR count). The predicted molar refractivity (Wildman–Crippen MR) is 58.6 cm³/mol. The molecule has 1 unspecified atom stereocenters. The summed E-state index contributed by atoms with van der Waals surface area (Å²) in [7, 11) is 0. The summed E-state index contributed by atoms with van der Waals surface area (Å²) in [6, 6.07) is 2.96. The van der Waals surface area contributed by atoms with Crippen molar-refractivity contribution in [2.24, 2.45) is 11.7 Å². The number of nitrogens with two attached hydrogens (primary N) is 1. The molecule has 0 spiro atoms. The fraction of sp³-hybridized carbons (Fsp3) is 0.500. The summed E-state index contributed by atoms with van der Waals surface area (Å²) in [6.07, 6.45) is 1.91. The van der Waals surface area contributed by atoms with Crippen molar-refractivity contribution in [2.75, 3.05) is 13.2 Å². The van der Waals surface area contributed by atoms with Gasteiger partial charge in [-0.1, -0.05) is 0 Å². The smallest absolute Gasteiger partial charge is 0.129 e. The van der Waals surface area contributed by atoms with Crippen molar-refractivity contribution in [3.63, 3.8) is 0 Å². The average molecular weight is 243 g/mol. The standard InChI is InChI=1S/C12H15F2NO2/c13-9-3-10(14)5-11(4-9)17-7-12(15,6-16)8-1-2-8/h3-5,8,16H,1-2,6-7,15H2. The van der Waals surface area contributed by atoms with Crippen molar-refractivity contribution in [1.29, 1.82) is 0 Å². The van der Waals surface area contributed by atoms with Gasteiger partial charge < -0.3 is 15.6 Å². The number of aliphatic hydroxyl groups excluding tert-OH is 1. The molecule has 0 aliphatic heterocycles. The molecule has 3 N–H and O–H groups in total. The van der Waals surface area contributed by atoms with Gasteiger partial charge in [0.15, 0.2) is 0 Å². The molecule has 0 radical (unpaired) electrons. The van der Waals surface area contributed by atoms with Crippen molar-refractivity contribution in [1.82, 2.24) is 0 Å². The van der Waals surface area contributed by atoms with Gasteiger partial charge in [-0.25, -0.2) is 8.78 Å². The molecule has 1 aromatic rings. The van der Waals surface area contributed by atoms with Crippen LogP contribution in [0.1, 0.15) is 12.8 Å². The van der Waals surface area contributed by atoms with E-state index in [0.717, 1.165) is 31.0 Å². The van der Waals surface area contributed by atoms with Crippen LogP contribution in [0.3, 0.4) is 0 Å². The Bertz CT molecular complexity index is 389. The average Bonchev–Trinajstić information content (AvgIpc) is 3.08. The minimum Gasteiger partial charge on any atom is -0.491 e. The van der Waals surface area contributed by atoms with Gasteiger partial charge in [0, 0.05) is 18.2 Å². The van der Waals surface area contributed by atoms with Crippen LogP contribution in [-0.2, 0) is 0 Å². The zero-order valence-corrected chi connectivity index (χ0v) is 9.33. The minimum absolute atomic E-state index is 0.0526. The van der Waals surface area contributed by atoms with Gasteiger partial charge in [-0.3, -0.25) is 0 Å². The number of aliphatic hydroxyl groups is 1. The Labute approximate surface area is 98.2 Å². The Morgan fingerprint density at radius 3 is 2.35 bits per heavy atom. The Morgan fingerprint density at radius 2 is 1.88 bits per heavy atom. The first-order valence-corrected chi connectivity index (χ1v) is 5.52. The van der Waals surface area contributed by atoms with Crippen molar-refractivity contribution < 1.29 is 18.6 Å². The number of halogens is 2. The molecule has 0 bridgehead atoms. The molecule has 1 aromatic carbocycles. The third-order valence-electron chi connectivity index (χ3n) is 3.03. The molecule has 1 aliphatic carbocycles. The quantitative estimate of drug-likeness (QED) is 0.822. The SMILES string of the molecule is NC(CO)(COc1cc(F)cc(F)c1)C1CC1. The monoisotopic (exact) mass is 243 g/mol. The van der Waals surface area contributed by atoms with E-state index in [-0.39, 0.29) is 24.9 Å². The van der Waals surface area contributed by atoms with Gasteiger partial charge in [-0.05, 0) is 18.8 Å². The highest BCUT2D eigenvalue weighted by Gasteiger charge is 2.42. The number of benzene rings is 1. The molecular formula is C12H15F2NO2. The maximum absolute atomic E-state index is 12.9. The fourth-order valence-corrected chi connectivity index (χ4v) is 1.78. The second-order valence-corrected chi connectivity index (χ2v) is 4.56. The zero-order valence-electron chi connectivity index (χ0n) is 9.33. The van der Waals surface area contributed by atoms with Crippen LogP contribution in [-0.4, -0.2) is 23.9 Å². The second-order valence-electron chi connectivity index (χ2n) is 4.56. The van der Waals surface area contributed by atoms with Crippen LogP contribution in [0, 0.1) is 17.6 Å². The first kappa shape index (κ1) is 12.3. The van der Waals surface area contributed by atoms with Crippen LogP contribution < -0.4 is 10.5 Å². The van der Waals surface area contributed by atoms with Crippen LogP contribution >= 0.6 is 0 Å². The van der Waals surface area contributed by atoms with E-state index in [4.69, 9.17) is 10.5 Å². The fourth-order valence-electron chi connectivity index (χ4n) is 1.78. The Balaban J connectivity index is 2.01. The van der Waals surface area contributed by atoms with Gasteiger partial charge in [-0.2, -0.15) is 0 Å². The summed E-state index contributed by atoms with van der Waals surface area (Å²) in [5.41, 5.74) is 5.15. The third-order valence-corrected chi connectivity index (χ3v) is 3.03. The molecule has 1 fully saturated rings. The van der Waals surface area contributed by atoms with E-state index >= 15 is 0 Å². The van der Waals surface area contributed by atoms with E-state index in [2.05, 4.69) is 0 Å². The van der Waals surface area contributed by atoms with E-state index in [1.807, 2.05) is 0 Å². The molecular weight excluding hydrogens is 228 g/mol. The van der Waals surface area contributed by atoms with E-state index in [1.54, 1.807) is 0 Å². The largest absolute Gasteiger partial charge is 0.491 e. The lowest BCUT2D eigenvalue weighted by atomic mass is 9.97. The molecule has 0 heterocycles. The molecule has 1 saturated carbocycles. The summed E-state index contributed by atoms with van der Waals surface area (Å²) in [4.78, 5) is 0. The maximum Gasteiger partial charge on any atom is 0.129 e. The number of ether oxygens (including phenoxy) is 1. The topological polar surface area (TPSA) is 55.5 Å². The van der Waals surface area contributed by atoms with Gasteiger partial charge in [0.2, 0.25) is 0 Å². The van der Waals surface area contributed by atoms with Crippen LogP contribution in [0.5, 0.6) is 5.75 Å². The predicted octanol–water partition coefficient (Wildman–Crippen LogP) is 1.44. The highest BCUT2D eigenvalue weighted by molar-refractivity contribution is 5.24. The van der Waals surface area contributed by atoms with E-state index < -0.39 is 17.2 Å². The summed E-state index contributed by atoms with van der Waals surface area (Å²) >= 11 is 0. The number of rotatable bonds is 5. The van der Waals surface area contributed by atoms with Crippen LogP contribution in [0.4, 0.5) is 8.78 Å². The van der Waals surface area contributed by atoms with E-state index in [0.29, 0.717) is 0 Å². The highest BCUT2D eigenvalue weighted by atomic mass is 19.1. The van der Waals surface area contributed by atoms with Crippen molar-refractivity contribution in [3.05, 3.63) is 29.8 Å². The lowest BCUT2D eigenvalue weighted by molar-refractivity contribution is 0.116. The molecule has 94 valence electrons. The summed E-state index contributed by atoms with van der Waals surface area (Å²) in [5, 5.41) is 9.23. The molecule has 0 saturated heterocycles. The maximum atomic E-state index is 12.9. The molecule has 0 amide bonds. The Morgan fingerprint density at radius 1 is 1.29 bits per heavy atom. The molecule has 1 atom stereocenters. The molecule has 17 heavy (non-hydrogen) atoms. The molecule has 1 aliphatic rings. The minimum atomic E-state index is -0.817. The number of hydrogen-bond acceptors (Lipinski definition) is 3.